The van der Waals surface area contributed by atoms with E-state index in [2.05, 4.69) is 35.6 Å². The molecular weight excluding hydrogens is 418 g/mol. The van der Waals surface area contributed by atoms with E-state index in [0.717, 1.165) is 52.8 Å². The van der Waals surface area contributed by atoms with Gasteiger partial charge in [-0.2, -0.15) is 0 Å². The van der Waals surface area contributed by atoms with Crippen molar-refractivity contribution in [2.24, 2.45) is 0 Å². The smallest absolute Gasteiger partial charge is 0.184 e. The molecular formula is C25H35N5O3. The molecule has 1 N–H and O–H groups in total. The SMILES string of the molecule is C=O.C=O.CC.CC(C)(C)c1nc(-c2ccnc3[nH]ccc23)nc2c1OCC1CCCCN21. The average molecular weight is 454 g/mol. The molecule has 1 unspecified atom stereocenters. The number of ether oxygens (including phenoxy) is 1. The molecule has 0 aromatic carbocycles. The van der Waals surface area contributed by atoms with Gasteiger partial charge in [0.1, 0.15) is 25.8 Å². The van der Waals surface area contributed by atoms with Crippen molar-refractivity contribution in [3.05, 3.63) is 30.2 Å². The quantitative estimate of drug-likeness (QED) is 0.568. The van der Waals surface area contributed by atoms with E-state index < -0.39 is 0 Å². The standard InChI is InChI=1S/C21H25N5O.C2H6.2CH2O/c1-21(2,3)17-16-20(26-11-5-4-6-13(26)12-27-16)25-19(24-17)15-8-10-23-18-14(15)7-9-22-18;3*1-2/h7-10,13H,4-6,11-12H2,1-3H3,(H,22,23);1-2H3;2*1H2. The Balaban J connectivity index is 0.000000597. The lowest BCUT2D eigenvalue weighted by Gasteiger charge is -2.42. The first-order valence-electron chi connectivity index (χ1n) is 11.3. The number of H-pyrrole nitrogens is 1. The second-order valence-corrected chi connectivity index (χ2v) is 8.55. The first-order valence-corrected chi connectivity index (χ1v) is 11.3. The highest BCUT2D eigenvalue weighted by Crippen LogP contribution is 2.43. The van der Waals surface area contributed by atoms with Crippen molar-refractivity contribution in [1.29, 1.82) is 0 Å². The van der Waals surface area contributed by atoms with Crippen molar-refractivity contribution >= 4 is 30.4 Å². The maximum absolute atomic E-state index is 8.00. The second-order valence-electron chi connectivity index (χ2n) is 8.55. The number of pyridine rings is 1. The molecule has 1 atom stereocenters. The number of nitrogens with one attached hydrogen (secondary N) is 1. The predicted molar refractivity (Wildman–Crippen MR) is 132 cm³/mol. The number of piperidine rings is 1. The normalized spacial score (nSPS) is 16.4. The highest BCUT2D eigenvalue weighted by molar-refractivity contribution is 5.91. The zero-order valence-corrected chi connectivity index (χ0v) is 20.4. The van der Waals surface area contributed by atoms with E-state index in [1.165, 1.54) is 19.3 Å². The minimum Gasteiger partial charge on any atom is -0.486 e. The first kappa shape index (κ1) is 26.0. The third-order valence-electron chi connectivity index (χ3n) is 5.58. The Kier molecular flexibility index (Phi) is 9.08. The molecule has 3 aromatic heterocycles. The van der Waals surface area contributed by atoms with Crippen LogP contribution >= 0.6 is 0 Å². The second kappa shape index (κ2) is 11.5. The zero-order valence-electron chi connectivity index (χ0n) is 20.4. The van der Waals surface area contributed by atoms with Crippen LogP contribution in [0.5, 0.6) is 5.75 Å². The molecule has 0 radical (unpaired) electrons. The lowest BCUT2D eigenvalue weighted by Crippen LogP contribution is -2.47. The van der Waals surface area contributed by atoms with E-state index >= 15 is 0 Å². The van der Waals surface area contributed by atoms with Crippen molar-refractivity contribution in [3.63, 3.8) is 0 Å². The van der Waals surface area contributed by atoms with Gasteiger partial charge in [0.05, 0.1) is 11.7 Å². The van der Waals surface area contributed by atoms with Gasteiger partial charge in [-0.3, -0.25) is 0 Å². The van der Waals surface area contributed by atoms with Crippen molar-refractivity contribution in [2.45, 2.75) is 65.3 Å². The summed E-state index contributed by atoms with van der Waals surface area (Å²) in [6, 6.07) is 4.46. The molecule has 5 heterocycles. The monoisotopic (exact) mass is 453 g/mol. The highest BCUT2D eigenvalue weighted by atomic mass is 16.5. The summed E-state index contributed by atoms with van der Waals surface area (Å²) in [5.74, 6) is 2.57. The van der Waals surface area contributed by atoms with Gasteiger partial charge in [0.25, 0.3) is 0 Å². The number of aromatic nitrogens is 4. The molecule has 0 bridgehead atoms. The minimum absolute atomic E-state index is 0.130. The third-order valence-corrected chi connectivity index (χ3v) is 5.58. The molecule has 1 fully saturated rings. The summed E-state index contributed by atoms with van der Waals surface area (Å²) in [6.45, 7) is 16.3. The number of fused-ring (bicyclic) bond motifs is 4. The van der Waals surface area contributed by atoms with Gasteiger partial charge in [-0.15, -0.1) is 0 Å². The van der Waals surface area contributed by atoms with Crippen LogP contribution < -0.4 is 9.64 Å². The summed E-state index contributed by atoms with van der Waals surface area (Å²) in [5.41, 5.74) is 2.72. The number of nitrogens with zero attached hydrogens (tertiary/aromatic N) is 4. The number of anilines is 1. The van der Waals surface area contributed by atoms with Crippen molar-refractivity contribution in [2.75, 3.05) is 18.1 Å². The van der Waals surface area contributed by atoms with Crippen molar-refractivity contribution in [3.8, 4) is 17.1 Å². The van der Waals surface area contributed by atoms with E-state index in [4.69, 9.17) is 24.3 Å². The molecule has 33 heavy (non-hydrogen) atoms. The molecule has 2 aliphatic heterocycles. The summed E-state index contributed by atoms with van der Waals surface area (Å²) in [4.78, 5) is 36.0. The Bertz CT molecular complexity index is 1040. The molecule has 3 aromatic rings. The fraction of sp³-hybridized carbons (Fsp3) is 0.480. The molecule has 8 nitrogen and oxygen atoms in total. The number of aromatic amines is 1. The topological polar surface area (TPSA) is 101 Å². The molecule has 178 valence electrons. The third kappa shape index (κ3) is 5.21. The van der Waals surface area contributed by atoms with Crippen LogP contribution in [0.25, 0.3) is 22.4 Å². The van der Waals surface area contributed by atoms with Crippen LogP contribution in [0, 0.1) is 0 Å². The number of carbonyl (C=O) groups excluding carboxylic acids is 2. The zero-order chi connectivity index (χ0) is 24.6. The van der Waals surface area contributed by atoms with Gasteiger partial charge in [-0.25, -0.2) is 15.0 Å². The molecule has 0 aliphatic carbocycles. The van der Waals surface area contributed by atoms with Crippen LogP contribution in [0.2, 0.25) is 0 Å². The Morgan fingerprint density at radius 1 is 1.09 bits per heavy atom. The van der Waals surface area contributed by atoms with Crippen LogP contribution in [0.15, 0.2) is 24.5 Å². The molecule has 8 heteroatoms. The van der Waals surface area contributed by atoms with Crippen LogP contribution in [-0.2, 0) is 15.0 Å². The van der Waals surface area contributed by atoms with Crippen molar-refractivity contribution < 1.29 is 14.3 Å². The highest BCUT2D eigenvalue weighted by Gasteiger charge is 2.36. The first-order chi connectivity index (χ1) is 16.0. The van der Waals surface area contributed by atoms with Gasteiger partial charge in [-0.05, 0) is 31.4 Å². The number of hydrogen-bond donors (Lipinski definition) is 1. The van der Waals surface area contributed by atoms with Gasteiger partial charge < -0.3 is 24.2 Å². The van der Waals surface area contributed by atoms with Crippen molar-refractivity contribution in [1.82, 2.24) is 19.9 Å². The molecule has 0 amide bonds. The number of hydrogen-bond acceptors (Lipinski definition) is 7. The van der Waals surface area contributed by atoms with E-state index in [9.17, 15) is 0 Å². The molecule has 1 saturated heterocycles. The summed E-state index contributed by atoms with van der Waals surface area (Å²) in [6.07, 6.45) is 7.36. The molecule has 0 saturated carbocycles. The number of rotatable bonds is 1. The van der Waals surface area contributed by atoms with Gasteiger partial charge in [0.15, 0.2) is 17.4 Å². The largest absolute Gasteiger partial charge is 0.486 e. The van der Waals surface area contributed by atoms with Gasteiger partial charge >= 0.3 is 0 Å². The molecule has 5 rings (SSSR count). The summed E-state index contributed by atoms with van der Waals surface area (Å²) < 4.78 is 6.23. The van der Waals surface area contributed by atoms with Crippen LogP contribution in [0.1, 0.15) is 59.6 Å². The number of carbonyl (C=O) groups is 2. The lowest BCUT2D eigenvalue weighted by molar-refractivity contribution is -0.0987. The fourth-order valence-corrected chi connectivity index (χ4v) is 4.18. The molecule has 0 spiro atoms. The predicted octanol–water partition coefficient (Wildman–Crippen LogP) is 4.73. The van der Waals surface area contributed by atoms with Gasteiger partial charge in [0, 0.05) is 35.3 Å². The Labute approximate surface area is 195 Å². The fourth-order valence-electron chi connectivity index (χ4n) is 4.18. The Hall–Kier alpha value is -3.29. The summed E-state index contributed by atoms with van der Waals surface area (Å²) >= 11 is 0. The van der Waals surface area contributed by atoms with Crippen LogP contribution in [-0.4, -0.2) is 52.7 Å². The lowest BCUT2D eigenvalue weighted by atomic mass is 9.90. The van der Waals surface area contributed by atoms with Crippen LogP contribution in [0.4, 0.5) is 5.82 Å². The Morgan fingerprint density at radius 3 is 2.52 bits per heavy atom. The average Bonchev–Trinajstić information content (AvgIpc) is 3.35. The Morgan fingerprint density at radius 2 is 1.82 bits per heavy atom. The van der Waals surface area contributed by atoms with E-state index in [1.54, 1.807) is 0 Å². The van der Waals surface area contributed by atoms with Gasteiger partial charge in [0.2, 0.25) is 0 Å². The van der Waals surface area contributed by atoms with E-state index in [0.29, 0.717) is 6.04 Å². The van der Waals surface area contributed by atoms with Crippen LogP contribution in [0.3, 0.4) is 0 Å². The van der Waals surface area contributed by atoms with Gasteiger partial charge in [-0.1, -0.05) is 34.6 Å². The van der Waals surface area contributed by atoms with E-state index in [-0.39, 0.29) is 5.41 Å². The summed E-state index contributed by atoms with van der Waals surface area (Å²) in [7, 11) is 0. The summed E-state index contributed by atoms with van der Waals surface area (Å²) in [5, 5.41) is 1.05. The minimum atomic E-state index is -0.130. The maximum atomic E-state index is 8.00. The van der Waals surface area contributed by atoms with E-state index in [1.807, 2.05) is 52.0 Å². The molecule has 2 aliphatic rings. The maximum Gasteiger partial charge on any atom is 0.184 e.